The molecule has 0 saturated carbocycles. The lowest BCUT2D eigenvalue weighted by atomic mass is 9.73. The van der Waals surface area contributed by atoms with E-state index in [1.807, 2.05) is 36.7 Å². The highest BCUT2D eigenvalue weighted by Gasteiger charge is 2.60. The maximum atomic E-state index is 14.6. The second-order valence-electron chi connectivity index (χ2n) is 16.5. The van der Waals surface area contributed by atoms with Crippen molar-refractivity contribution in [3.63, 3.8) is 0 Å². The second kappa shape index (κ2) is 17.8. The lowest BCUT2D eigenvalue weighted by Gasteiger charge is -2.46. The molecule has 2 aromatic rings. The van der Waals surface area contributed by atoms with Crippen LogP contribution in [0.2, 0.25) is 0 Å². The van der Waals surface area contributed by atoms with E-state index in [0.29, 0.717) is 32.4 Å². The Morgan fingerprint density at radius 3 is 2.41 bits per heavy atom. The number of pyridine rings is 1. The summed E-state index contributed by atoms with van der Waals surface area (Å²) in [7, 11) is 1.47. The molecule has 0 aliphatic carbocycles. The third kappa shape index (κ3) is 8.86. The summed E-state index contributed by atoms with van der Waals surface area (Å²) < 4.78 is 32.7. The lowest BCUT2D eigenvalue weighted by Crippen LogP contribution is -2.60. The van der Waals surface area contributed by atoms with Gasteiger partial charge in [0.05, 0.1) is 35.9 Å². The van der Waals surface area contributed by atoms with Gasteiger partial charge in [0.1, 0.15) is 23.9 Å². The van der Waals surface area contributed by atoms with Crippen LogP contribution in [0.5, 0.6) is 0 Å². The normalized spacial score (nSPS) is 37.5. The fourth-order valence-corrected chi connectivity index (χ4v) is 8.98. The van der Waals surface area contributed by atoms with Crippen LogP contribution in [0.25, 0.3) is 11.3 Å². The number of rotatable bonds is 10. The molecule has 1 unspecified atom stereocenters. The number of hydrogen-bond donors (Lipinski definition) is 2. The number of ketones is 2. The quantitative estimate of drug-likeness (QED) is 0.197. The number of carbonyl (C=O) groups excluding carboxylic acids is 4. The first-order valence-electron chi connectivity index (χ1n) is 19.9. The first kappa shape index (κ1) is 43.4. The Bertz CT molecular complexity index is 1690. The van der Waals surface area contributed by atoms with Gasteiger partial charge in [-0.2, -0.15) is 0 Å². The molecule has 3 fully saturated rings. The van der Waals surface area contributed by atoms with Crippen LogP contribution in [-0.2, 0) is 44.6 Å². The van der Waals surface area contributed by atoms with E-state index in [2.05, 4.69) is 9.97 Å². The third-order valence-corrected chi connectivity index (χ3v) is 12.2. The number of nitrogens with zero attached hydrogens (tertiary/aromatic N) is 4. The number of fused-ring (bicyclic) bond motifs is 1. The number of aromatic nitrogens is 3. The van der Waals surface area contributed by atoms with Crippen LogP contribution in [0.15, 0.2) is 37.1 Å². The number of carbonyl (C=O) groups is 4. The van der Waals surface area contributed by atoms with Crippen molar-refractivity contribution in [2.24, 2.45) is 29.4 Å². The fourth-order valence-electron chi connectivity index (χ4n) is 8.98. The van der Waals surface area contributed by atoms with Crippen LogP contribution >= 0.6 is 0 Å². The molecule has 310 valence electrons. The predicted molar refractivity (Wildman–Crippen MR) is 205 cm³/mol. The molecule has 2 aromatic heterocycles. The van der Waals surface area contributed by atoms with Crippen LogP contribution < -0.4 is 5.73 Å². The molecule has 0 radical (unpaired) electrons. The van der Waals surface area contributed by atoms with Crippen molar-refractivity contribution in [3.05, 3.63) is 37.1 Å². The van der Waals surface area contributed by atoms with E-state index in [4.69, 9.17) is 29.4 Å². The number of amides is 1. The molecule has 15 nitrogen and oxygen atoms in total. The van der Waals surface area contributed by atoms with Gasteiger partial charge >= 0.3 is 12.1 Å². The summed E-state index contributed by atoms with van der Waals surface area (Å²) >= 11 is 0. The van der Waals surface area contributed by atoms with E-state index >= 15 is 0 Å². The summed E-state index contributed by atoms with van der Waals surface area (Å²) in [6.45, 7) is 14.7. The van der Waals surface area contributed by atoms with Gasteiger partial charge in [-0.1, -0.05) is 27.7 Å². The Hall–Kier alpha value is -3.76. The van der Waals surface area contributed by atoms with E-state index in [0.717, 1.165) is 11.3 Å². The van der Waals surface area contributed by atoms with Crippen molar-refractivity contribution in [2.45, 2.75) is 148 Å². The highest BCUT2D eigenvalue weighted by atomic mass is 16.7. The fraction of sp³-hybridized carbons (Fsp3) is 0.707. The summed E-state index contributed by atoms with van der Waals surface area (Å²) in [5.74, 6) is -5.05. The van der Waals surface area contributed by atoms with Crippen molar-refractivity contribution in [3.8, 4) is 11.3 Å². The van der Waals surface area contributed by atoms with Crippen molar-refractivity contribution < 1.29 is 48.0 Å². The van der Waals surface area contributed by atoms with Gasteiger partial charge in [-0.15, -0.1) is 0 Å². The molecule has 3 N–H and O–H groups in total. The third-order valence-electron chi connectivity index (χ3n) is 12.2. The van der Waals surface area contributed by atoms with Gasteiger partial charge in [-0.3, -0.25) is 19.4 Å². The minimum atomic E-state index is -1.40. The number of unbranched alkanes of at least 4 members (excludes halogenated alkanes) is 1. The van der Waals surface area contributed by atoms with Gasteiger partial charge in [0.2, 0.25) is 0 Å². The van der Waals surface area contributed by atoms with Crippen LogP contribution in [0.3, 0.4) is 0 Å². The first-order chi connectivity index (χ1) is 26.4. The summed E-state index contributed by atoms with van der Waals surface area (Å²) in [6, 6.07) is 2.38. The molecule has 13 atom stereocenters. The molecule has 1 amide bonds. The number of aryl methyl sites for hydroxylation is 1. The molecular weight excluding hydrogens is 722 g/mol. The van der Waals surface area contributed by atoms with Crippen molar-refractivity contribution in [1.82, 2.24) is 19.4 Å². The Kier molecular flexibility index (Phi) is 13.8. The minimum Gasteiger partial charge on any atom is -0.458 e. The minimum absolute atomic E-state index is 0.111. The van der Waals surface area contributed by atoms with E-state index < -0.39 is 89.4 Å². The number of esters is 1. The average molecular weight is 784 g/mol. The van der Waals surface area contributed by atoms with Gasteiger partial charge in [-0.05, 0) is 71.9 Å². The summed E-state index contributed by atoms with van der Waals surface area (Å²) in [5.41, 5.74) is 5.26. The molecular formula is C41H61N5O10. The molecule has 15 heteroatoms. The Morgan fingerprint density at radius 1 is 1.04 bits per heavy atom. The standard InChI is InChI=1S/C41H61N5O10/c1-10-31-41(8)35(46(39(51)56-41)17-12-11-16-45-21-30(44-22-45)28-14-13-15-43-20-28)25(4)32(47)23(2)19-40(7,52-9)36(26(5)33(48)27(6)37(50)54-31)55-38-34(49)29(42)18-24(3)53-38/h13-15,20-27,29,31,34-36,38,49H,10-12,16-19,42H2,1-9H3/t23-,24-,25+,26+,27-,29+,31-,34-,35?,36-,38+,40-,41-/m1/s1. The average Bonchev–Trinajstić information content (AvgIpc) is 3.75. The lowest BCUT2D eigenvalue weighted by molar-refractivity contribution is -0.288. The zero-order chi connectivity index (χ0) is 41.1. The van der Waals surface area contributed by atoms with Crippen LogP contribution in [-0.4, -0.2) is 116 Å². The van der Waals surface area contributed by atoms with Gasteiger partial charge in [0.25, 0.3) is 0 Å². The highest BCUT2D eigenvalue weighted by molar-refractivity contribution is 6.00. The van der Waals surface area contributed by atoms with Gasteiger partial charge < -0.3 is 44.0 Å². The smallest absolute Gasteiger partial charge is 0.410 e. The van der Waals surface area contributed by atoms with Crippen molar-refractivity contribution in [1.29, 1.82) is 0 Å². The maximum Gasteiger partial charge on any atom is 0.410 e. The number of nitrogens with two attached hydrogens (primary N) is 1. The van der Waals surface area contributed by atoms with E-state index in [1.165, 1.54) is 14.0 Å². The number of Topliss-reactive ketones (excluding diaryl/α,β-unsaturated/α-hetero) is 2. The van der Waals surface area contributed by atoms with Crippen LogP contribution in [0, 0.1) is 23.7 Å². The maximum absolute atomic E-state index is 14.6. The van der Waals surface area contributed by atoms with Gasteiger partial charge in [0, 0.05) is 68.1 Å². The Morgan fingerprint density at radius 2 is 1.75 bits per heavy atom. The van der Waals surface area contributed by atoms with Gasteiger partial charge in [0.15, 0.2) is 17.7 Å². The molecule has 0 spiro atoms. The molecule has 3 aliphatic heterocycles. The number of ether oxygens (including phenoxy) is 5. The summed E-state index contributed by atoms with van der Waals surface area (Å²) in [4.78, 5) is 66.8. The summed E-state index contributed by atoms with van der Waals surface area (Å²) in [5, 5.41) is 11.0. The Labute approximate surface area is 329 Å². The molecule has 0 bridgehead atoms. The molecule has 3 aliphatic rings. The van der Waals surface area contributed by atoms with Crippen molar-refractivity contribution in [2.75, 3.05) is 13.7 Å². The number of hydrogen-bond acceptors (Lipinski definition) is 13. The van der Waals surface area contributed by atoms with Gasteiger partial charge in [-0.25, -0.2) is 9.78 Å². The molecule has 5 heterocycles. The monoisotopic (exact) mass is 783 g/mol. The Balaban J connectivity index is 1.43. The predicted octanol–water partition coefficient (Wildman–Crippen LogP) is 4.33. The number of methoxy groups -OCH3 is 1. The first-order valence-corrected chi connectivity index (χ1v) is 19.9. The van der Waals surface area contributed by atoms with Crippen LogP contribution in [0.1, 0.15) is 87.5 Å². The molecule has 0 aromatic carbocycles. The highest BCUT2D eigenvalue weighted by Crippen LogP contribution is 2.43. The van der Waals surface area contributed by atoms with Crippen LogP contribution in [0.4, 0.5) is 4.79 Å². The number of aliphatic hydroxyl groups excluding tert-OH is 1. The number of aliphatic hydroxyl groups is 1. The number of imidazole rings is 1. The van der Waals surface area contributed by atoms with E-state index in [1.54, 1.807) is 58.2 Å². The number of cyclic esters (lactones) is 1. The zero-order valence-electron chi connectivity index (χ0n) is 34.3. The SMILES string of the molecule is CC[C@H]1OC(=O)[C@H](C)C(=O)[C@H](C)[C@@H](O[C@@H]2O[C@H](C)C[C@H](N)[C@H]2O)[C@](C)(OC)C[C@@H](C)C(=O)[C@H](C)C2N(CCCCn3cnc(-c4cccnc4)c3)C(=O)O[C@@]21C. The van der Waals surface area contributed by atoms with E-state index in [9.17, 15) is 24.3 Å². The molecule has 5 rings (SSSR count). The van der Waals surface area contributed by atoms with Crippen molar-refractivity contribution >= 4 is 23.6 Å². The molecule has 3 saturated heterocycles. The summed E-state index contributed by atoms with van der Waals surface area (Å²) in [6.07, 6.45) is 3.92. The van der Waals surface area contributed by atoms with E-state index in [-0.39, 0.29) is 24.7 Å². The zero-order valence-corrected chi connectivity index (χ0v) is 34.3. The topological polar surface area (TPSA) is 195 Å². The largest absolute Gasteiger partial charge is 0.458 e. The second-order valence-corrected chi connectivity index (χ2v) is 16.5. The molecule has 56 heavy (non-hydrogen) atoms.